The number of hydrogen-bond acceptors (Lipinski definition) is 1. The smallest absolute Gasteiger partial charge is 0.331 e. The molecule has 0 rings (SSSR count). The monoisotopic (exact) mass is 224 g/mol. The van der Waals surface area contributed by atoms with Crippen LogP contribution in [0.4, 0.5) is 0 Å². The van der Waals surface area contributed by atoms with Crippen LogP contribution in [0.1, 0.15) is 58.8 Å². The maximum absolute atomic E-state index is 10.9. The Morgan fingerprint density at radius 1 is 1.12 bits per heavy atom. The van der Waals surface area contributed by atoms with Gasteiger partial charge < -0.3 is 5.11 Å². The summed E-state index contributed by atoms with van der Waals surface area (Å²) in [4.78, 5) is 10.9. The van der Waals surface area contributed by atoms with Gasteiger partial charge in [0.05, 0.1) is 0 Å². The molecule has 0 unspecified atom stereocenters. The molecule has 92 valence electrons. The van der Waals surface area contributed by atoms with Crippen molar-refractivity contribution in [1.82, 2.24) is 0 Å². The average molecular weight is 224 g/mol. The van der Waals surface area contributed by atoms with E-state index in [1.807, 2.05) is 13.0 Å². The van der Waals surface area contributed by atoms with E-state index < -0.39 is 5.97 Å². The van der Waals surface area contributed by atoms with E-state index in [0.717, 1.165) is 12.8 Å². The minimum Gasteiger partial charge on any atom is -0.478 e. The first-order valence-electron chi connectivity index (χ1n) is 6.27. The first kappa shape index (κ1) is 14.9. The highest BCUT2D eigenvalue weighted by molar-refractivity contribution is 5.86. The van der Waals surface area contributed by atoms with Gasteiger partial charge in [0.25, 0.3) is 0 Å². The molecule has 0 saturated carbocycles. The highest BCUT2D eigenvalue weighted by Crippen LogP contribution is 2.12. The Bertz CT molecular complexity index is 239. The molecule has 0 aromatic carbocycles. The third-order valence-corrected chi connectivity index (χ3v) is 2.56. The second-order valence-electron chi connectivity index (χ2n) is 4.04. The summed E-state index contributed by atoms with van der Waals surface area (Å²) in [5.74, 6) is -0.786. The SMILES string of the molecule is C/C=C/C=C(\CCCCCCCC)C(=O)O. The molecule has 0 amide bonds. The number of carboxylic acid groups (broad SMARTS) is 1. The lowest BCUT2D eigenvalue weighted by molar-refractivity contribution is -0.132. The van der Waals surface area contributed by atoms with Gasteiger partial charge in [0, 0.05) is 5.57 Å². The number of unbranched alkanes of at least 4 members (excludes halogenated alkanes) is 5. The zero-order chi connectivity index (χ0) is 12.2. The largest absolute Gasteiger partial charge is 0.478 e. The Hall–Kier alpha value is -1.05. The molecule has 0 fully saturated rings. The van der Waals surface area contributed by atoms with Gasteiger partial charge in [-0.15, -0.1) is 0 Å². The van der Waals surface area contributed by atoms with Gasteiger partial charge in [0.15, 0.2) is 0 Å². The van der Waals surface area contributed by atoms with Crippen LogP contribution in [-0.4, -0.2) is 11.1 Å². The molecule has 0 radical (unpaired) electrons. The Labute approximate surface area is 99.1 Å². The molecule has 2 nitrogen and oxygen atoms in total. The first-order chi connectivity index (χ1) is 7.72. The van der Waals surface area contributed by atoms with Gasteiger partial charge in [-0.3, -0.25) is 0 Å². The highest BCUT2D eigenvalue weighted by Gasteiger charge is 2.04. The zero-order valence-electron chi connectivity index (χ0n) is 10.5. The van der Waals surface area contributed by atoms with Crippen LogP contribution in [0.25, 0.3) is 0 Å². The van der Waals surface area contributed by atoms with Gasteiger partial charge in [-0.2, -0.15) is 0 Å². The van der Waals surface area contributed by atoms with E-state index in [2.05, 4.69) is 6.92 Å². The maximum Gasteiger partial charge on any atom is 0.331 e. The molecular formula is C14H24O2. The Morgan fingerprint density at radius 2 is 1.75 bits per heavy atom. The Morgan fingerprint density at radius 3 is 2.31 bits per heavy atom. The fourth-order valence-corrected chi connectivity index (χ4v) is 1.57. The quantitative estimate of drug-likeness (QED) is 0.359. The summed E-state index contributed by atoms with van der Waals surface area (Å²) in [6.07, 6.45) is 13.2. The summed E-state index contributed by atoms with van der Waals surface area (Å²) in [6, 6.07) is 0. The summed E-state index contributed by atoms with van der Waals surface area (Å²) in [7, 11) is 0. The van der Waals surface area contributed by atoms with Crippen molar-refractivity contribution in [3.63, 3.8) is 0 Å². The minimum atomic E-state index is -0.786. The van der Waals surface area contributed by atoms with Crippen molar-refractivity contribution < 1.29 is 9.90 Å². The van der Waals surface area contributed by atoms with E-state index >= 15 is 0 Å². The summed E-state index contributed by atoms with van der Waals surface area (Å²) >= 11 is 0. The second-order valence-corrected chi connectivity index (χ2v) is 4.04. The minimum absolute atomic E-state index is 0.522. The predicted molar refractivity (Wildman–Crippen MR) is 68.5 cm³/mol. The second kappa shape index (κ2) is 10.5. The van der Waals surface area contributed by atoms with Crippen LogP contribution in [0.15, 0.2) is 23.8 Å². The van der Waals surface area contributed by atoms with Gasteiger partial charge >= 0.3 is 5.97 Å². The molecule has 16 heavy (non-hydrogen) atoms. The van der Waals surface area contributed by atoms with Crippen LogP contribution in [0.3, 0.4) is 0 Å². The molecule has 0 aromatic rings. The van der Waals surface area contributed by atoms with Gasteiger partial charge in [-0.05, 0) is 19.8 Å². The molecule has 0 bridgehead atoms. The lowest BCUT2D eigenvalue weighted by Gasteiger charge is -2.02. The molecule has 0 spiro atoms. The molecule has 0 heterocycles. The topological polar surface area (TPSA) is 37.3 Å². The summed E-state index contributed by atoms with van der Waals surface area (Å²) in [6.45, 7) is 4.09. The van der Waals surface area contributed by atoms with Crippen LogP contribution >= 0.6 is 0 Å². The predicted octanol–water partition coefficient (Wildman–Crippen LogP) is 4.32. The van der Waals surface area contributed by atoms with E-state index in [1.165, 1.54) is 25.7 Å². The third-order valence-electron chi connectivity index (χ3n) is 2.56. The van der Waals surface area contributed by atoms with Gasteiger partial charge in [-0.1, -0.05) is 57.3 Å². The van der Waals surface area contributed by atoms with E-state index in [1.54, 1.807) is 12.2 Å². The molecule has 0 aromatic heterocycles. The number of carbonyl (C=O) groups is 1. The summed E-state index contributed by atoms with van der Waals surface area (Å²) < 4.78 is 0. The summed E-state index contributed by atoms with van der Waals surface area (Å²) in [5.41, 5.74) is 0.522. The number of hydrogen-bond donors (Lipinski definition) is 1. The standard InChI is InChI=1S/C14H24O2/c1-3-5-7-8-9-10-12-13(14(15)16)11-6-4-2/h4,6,11H,3,5,7-10,12H2,1-2H3,(H,15,16)/b6-4+,13-11+. The molecule has 2 heteroatoms. The fourth-order valence-electron chi connectivity index (χ4n) is 1.57. The molecule has 0 saturated heterocycles. The number of rotatable bonds is 9. The van der Waals surface area contributed by atoms with Crippen LogP contribution in [0.5, 0.6) is 0 Å². The Balaban J connectivity index is 3.73. The normalized spacial score (nSPS) is 12.2. The van der Waals surface area contributed by atoms with Crippen molar-refractivity contribution in [2.24, 2.45) is 0 Å². The van der Waals surface area contributed by atoms with Gasteiger partial charge in [0.2, 0.25) is 0 Å². The fraction of sp³-hybridized carbons (Fsp3) is 0.643. The highest BCUT2D eigenvalue weighted by atomic mass is 16.4. The van der Waals surface area contributed by atoms with Crippen LogP contribution in [0.2, 0.25) is 0 Å². The van der Waals surface area contributed by atoms with Crippen LogP contribution in [-0.2, 0) is 4.79 Å². The van der Waals surface area contributed by atoms with E-state index in [-0.39, 0.29) is 0 Å². The van der Waals surface area contributed by atoms with Gasteiger partial charge in [0.1, 0.15) is 0 Å². The van der Waals surface area contributed by atoms with Gasteiger partial charge in [-0.25, -0.2) is 4.79 Å². The number of aliphatic carboxylic acids is 1. The molecule has 0 aliphatic rings. The van der Waals surface area contributed by atoms with Crippen molar-refractivity contribution >= 4 is 5.97 Å². The number of carboxylic acids is 1. The molecule has 0 atom stereocenters. The van der Waals surface area contributed by atoms with E-state index in [4.69, 9.17) is 5.11 Å². The average Bonchev–Trinajstić information content (AvgIpc) is 2.26. The molecular weight excluding hydrogens is 200 g/mol. The van der Waals surface area contributed by atoms with E-state index in [9.17, 15) is 4.79 Å². The zero-order valence-corrected chi connectivity index (χ0v) is 10.5. The maximum atomic E-state index is 10.9. The third kappa shape index (κ3) is 8.27. The lowest BCUT2D eigenvalue weighted by atomic mass is 10.0. The van der Waals surface area contributed by atoms with E-state index in [0.29, 0.717) is 12.0 Å². The van der Waals surface area contributed by atoms with Crippen molar-refractivity contribution in [3.8, 4) is 0 Å². The first-order valence-corrected chi connectivity index (χ1v) is 6.27. The number of allylic oxidation sites excluding steroid dienone is 3. The molecule has 1 N–H and O–H groups in total. The Kier molecular flexibility index (Phi) is 9.78. The van der Waals surface area contributed by atoms with Crippen LogP contribution in [0, 0.1) is 0 Å². The van der Waals surface area contributed by atoms with Crippen molar-refractivity contribution in [2.75, 3.05) is 0 Å². The lowest BCUT2D eigenvalue weighted by Crippen LogP contribution is -2.00. The molecule has 0 aliphatic heterocycles. The van der Waals surface area contributed by atoms with Crippen LogP contribution < -0.4 is 0 Å². The van der Waals surface area contributed by atoms with Crippen molar-refractivity contribution in [2.45, 2.75) is 58.8 Å². The van der Waals surface area contributed by atoms with Crippen molar-refractivity contribution in [1.29, 1.82) is 0 Å². The molecule has 0 aliphatic carbocycles. The van der Waals surface area contributed by atoms with Crippen molar-refractivity contribution in [3.05, 3.63) is 23.8 Å². The summed E-state index contributed by atoms with van der Waals surface area (Å²) in [5, 5.41) is 8.94.